The van der Waals surface area contributed by atoms with Crippen molar-refractivity contribution in [2.45, 2.75) is 31.6 Å². The summed E-state index contributed by atoms with van der Waals surface area (Å²) in [5.74, 6) is 0.460. The third-order valence-corrected chi connectivity index (χ3v) is 4.17. The fourth-order valence-corrected chi connectivity index (χ4v) is 3.30. The maximum atomic E-state index is 12.3. The molecule has 2 atom stereocenters. The van der Waals surface area contributed by atoms with Gasteiger partial charge in [-0.05, 0) is 24.5 Å². The molecule has 1 aliphatic heterocycles. The molecule has 104 valence electrons. The minimum absolute atomic E-state index is 0.123. The number of amides is 1. The predicted octanol–water partition coefficient (Wildman–Crippen LogP) is 2.52. The number of carbonyl (C=O) groups excluding carboxylic acids is 2. The molecular formula is C16H17NO3. The summed E-state index contributed by atoms with van der Waals surface area (Å²) in [6.07, 6.45) is 2.44. The van der Waals surface area contributed by atoms with E-state index in [4.69, 9.17) is 4.74 Å². The standard InChI is InChI=1S/C16H17NO3/c1-20-14-8-3-2-5-10(14)11-9-15(19)17-12-6-4-7-13(18)16(11)12/h2-3,5,8,11,16H,4,6-7,9H2,1H3/t11-,16?/m1/s1. The summed E-state index contributed by atoms with van der Waals surface area (Å²) in [6.45, 7) is 0. The number of benzene rings is 1. The molecule has 4 heteroatoms. The van der Waals surface area contributed by atoms with Crippen LogP contribution in [0, 0.1) is 5.92 Å². The van der Waals surface area contributed by atoms with Gasteiger partial charge in [0.05, 0.1) is 13.0 Å². The molecule has 0 aromatic heterocycles. The second-order valence-corrected chi connectivity index (χ2v) is 5.35. The summed E-state index contributed by atoms with van der Waals surface area (Å²) in [6, 6.07) is 7.63. The van der Waals surface area contributed by atoms with Crippen molar-refractivity contribution in [3.8, 4) is 5.75 Å². The van der Waals surface area contributed by atoms with Gasteiger partial charge in [-0.25, -0.2) is 4.99 Å². The van der Waals surface area contributed by atoms with Crippen LogP contribution in [0.2, 0.25) is 0 Å². The van der Waals surface area contributed by atoms with Crippen molar-refractivity contribution in [1.82, 2.24) is 0 Å². The number of para-hydroxylation sites is 1. The van der Waals surface area contributed by atoms with Crippen molar-refractivity contribution in [3.63, 3.8) is 0 Å². The Morgan fingerprint density at radius 3 is 2.80 bits per heavy atom. The highest BCUT2D eigenvalue weighted by Crippen LogP contribution is 2.41. The van der Waals surface area contributed by atoms with Gasteiger partial charge in [0.2, 0.25) is 5.91 Å². The van der Waals surface area contributed by atoms with E-state index in [2.05, 4.69) is 4.99 Å². The number of hydrogen-bond acceptors (Lipinski definition) is 3. The van der Waals surface area contributed by atoms with Crippen LogP contribution in [0.1, 0.15) is 37.2 Å². The first kappa shape index (κ1) is 13.0. The number of methoxy groups -OCH3 is 1. The Kier molecular flexibility index (Phi) is 3.38. The third kappa shape index (κ3) is 2.15. The van der Waals surface area contributed by atoms with Crippen LogP contribution in [0.25, 0.3) is 0 Å². The van der Waals surface area contributed by atoms with E-state index >= 15 is 0 Å². The molecule has 0 bridgehead atoms. The van der Waals surface area contributed by atoms with Gasteiger partial charge in [0.25, 0.3) is 0 Å². The summed E-state index contributed by atoms with van der Waals surface area (Å²) in [5, 5.41) is 0. The fraction of sp³-hybridized carbons (Fsp3) is 0.438. The molecule has 20 heavy (non-hydrogen) atoms. The summed E-state index contributed by atoms with van der Waals surface area (Å²) in [4.78, 5) is 28.3. The molecule has 1 aromatic rings. The summed E-state index contributed by atoms with van der Waals surface area (Å²) < 4.78 is 5.39. The molecule has 1 amide bonds. The number of nitrogens with zero attached hydrogens (tertiary/aromatic N) is 1. The largest absolute Gasteiger partial charge is 0.496 e. The maximum absolute atomic E-state index is 12.3. The normalized spacial score (nSPS) is 25.9. The molecule has 0 spiro atoms. The molecule has 1 fully saturated rings. The topological polar surface area (TPSA) is 55.7 Å². The molecule has 1 aromatic carbocycles. The minimum atomic E-state index is -0.238. The van der Waals surface area contributed by atoms with Crippen LogP contribution in [0.5, 0.6) is 5.75 Å². The van der Waals surface area contributed by atoms with Gasteiger partial charge >= 0.3 is 0 Å². The van der Waals surface area contributed by atoms with Crippen LogP contribution >= 0.6 is 0 Å². The monoisotopic (exact) mass is 271 g/mol. The van der Waals surface area contributed by atoms with Gasteiger partial charge in [0.15, 0.2) is 0 Å². The van der Waals surface area contributed by atoms with Crippen LogP contribution < -0.4 is 4.74 Å². The molecule has 0 radical (unpaired) electrons. The van der Waals surface area contributed by atoms with E-state index < -0.39 is 0 Å². The Morgan fingerprint density at radius 1 is 1.20 bits per heavy atom. The van der Waals surface area contributed by atoms with Gasteiger partial charge in [0.1, 0.15) is 11.5 Å². The highest BCUT2D eigenvalue weighted by molar-refractivity contribution is 6.13. The van der Waals surface area contributed by atoms with E-state index in [0.717, 1.165) is 29.9 Å². The number of ketones is 1. The lowest BCUT2D eigenvalue weighted by atomic mass is 9.71. The van der Waals surface area contributed by atoms with E-state index in [1.165, 1.54) is 0 Å². The Bertz CT molecular complexity index is 591. The summed E-state index contributed by atoms with van der Waals surface area (Å²) in [7, 11) is 1.61. The van der Waals surface area contributed by atoms with Crippen molar-refractivity contribution >= 4 is 17.4 Å². The summed E-state index contributed by atoms with van der Waals surface area (Å²) in [5.41, 5.74) is 1.71. The zero-order chi connectivity index (χ0) is 14.1. The van der Waals surface area contributed by atoms with E-state index in [1.54, 1.807) is 7.11 Å². The maximum Gasteiger partial charge on any atom is 0.246 e. The molecule has 2 aliphatic rings. The van der Waals surface area contributed by atoms with Gasteiger partial charge < -0.3 is 4.74 Å². The predicted molar refractivity (Wildman–Crippen MR) is 75.1 cm³/mol. The second-order valence-electron chi connectivity index (χ2n) is 5.35. The number of aliphatic imine (C=N–C) groups is 1. The fourth-order valence-electron chi connectivity index (χ4n) is 3.30. The molecule has 1 heterocycles. The summed E-state index contributed by atoms with van der Waals surface area (Å²) >= 11 is 0. The molecule has 1 unspecified atom stereocenters. The van der Waals surface area contributed by atoms with Crippen LogP contribution in [0.4, 0.5) is 0 Å². The molecule has 1 aliphatic carbocycles. The van der Waals surface area contributed by atoms with Gasteiger partial charge in [-0.15, -0.1) is 0 Å². The van der Waals surface area contributed by atoms with E-state index in [0.29, 0.717) is 12.8 Å². The molecule has 0 N–H and O–H groups in total. The number of Topliss-reactive ketones (excluding diaryl/α,β-unsaturated/α-hetero) is 1. The zero-order valence-electron chi connectivity index (χ0n) is 11.5. The lowest BCUT2D eigenvalue weighted by molar-refractivity contribution is -0.123. The third-order valence-electron chi connectivity index (χ3n) is 4.17. The van der Waals surface area contributed by atoms with Gasteiger partial charge in [-0.1, -0.05) is 18.2 Å². The second kappa shape index (κ2) is 5.19. The van der Waals surface area contributed by atoms with Crippen molar-refractivity contribution in [1.29, 1.82) is 0 Å². The number of carbonyl (C=O) groups is 2. The quantitative estimate of drug-likeness (QED) is 0.830. The number of ether oxygens (including phenoxy) is 1. The van der Waals surface area contributed by atoms with Crippen molar-refractivity contribution in [2.24, 2.45) is 10.9 Å². The van der Waals surface area contributed by atoms with Crippen LogP contribution in [-0.4, -0.2) is 24.5 Å². The van der Waals surface area contributed by atoms with E-state index in [9.17, 15) is 9.59 Å². The number of rotatable bonds is 2. The van der Waals surface area contributed by atoms with Crippen LogP contribution in [0.3, 0.4) is 0 Å². The average Bonchev–Trinajstić information content (AvgIpc) is 2.46. The zero-order valence-corrected chi connectivity index (χ0v) is 11.5. The van der Waals surface area contributed by atoms with E-state index in [1.807, 2.05) is 24.3 Å². The van der Waals surface area contributed by atoms with E-state index in [-0.39, 0.29) is 23.5 Å². The Morgan fingerprint density at radius 2 is 2.00 bits per heavy atom. The first-order valence-electron chi connectivity index (χ1n) is 6.96. The molecular weight excluding hydrogens is 254 g/mol. The van der Waals surface area contributed by atoms with Gasteiger partial charge in [-0.3, -0.25) is 9.59 Å². The number of fused-ring (bicyclic) bond motifs is 1. The first-order valence-corrected chi connectivity index (χ1v) is 6.96. The van der Waals surface area contributed by atoms with Crippen LogP contribution in [-0.2, 0) is 9.59 Å². The Labute approximate surface area is 117 Å². The lowest BCUT2D eigenvalue weighted by Crippen LogP contribution is -2.38. The van der Waals surface area contributed by atoms with Crippen molar-refractivity contribution in [2.75, 3.05) is 7.11 Å². The van der Waals surface area contributed by atoms with Crippen molar-refractivity contribution in [3.05, 3.63) is 29.8 Å². The van der Waals surface area contributed by atoms with Gasteiger partial charge in [-0.2, -0.15) is 0 Å². The Balaban J connectivity index is 2.05. The SMILES string of the molecule is COc1ccccc1[C@H]1CC(=O)N=C2CCCC(=O)C21. The lowest BCUT2D eigenvalue weighted by Gasteiger charge is -2.33. The smallest absolute Gasteiger partial charge is 0.246 e. The van der Waals surface area contributed by atoms with Gasteiger partial charge in [0, 0.05) is 24.5 Å². The minimum Gasteiger partial charge on any atom is -0.496 e. The molecule has 0 saturated heterocycles. The number of hydrogen-bond donors (Lipinski definition) is 0. The molecule has 4 nitrogen and oxygen atoms in total. The Hall–Kier alpha value is -1.97. The molecule has 3 rings (SSSR count). The highest BCUT2D eigenvalue weighted by Gasteiger charge is 2.41. The van der Waals surface area contributed by atoms with Crippen LogP contribution in [0.15, 0.2) is 29.3 Å². The first-order chi connectivity index (χ1) is 9.70. The highest BCUT2D eigenvalue weighted by atomic mass is 16.5. The van der Waals surface area contributed by atoms with Crippen molar-refractivity contribution < 1.29 is 14.3 Å². The molecule has 1 saturated carbocycles. The average molecular weight is 271 g/mol.